The van der Waals surface area contributed by atoms with Gasteiger partial charge in [0, 0.05) is 24.1 Å². The number of aromatic hydroxyl groups is 1. The number of phenols is 1. The van der Waals surface area contributed by atoms with Crippen LogP contribution < -0.4 is 16.4 Å². The number of amides is 3. The summed E-state index contributed by atoms with van der Waals surface area (Å²) in [6, 6.07) is 6.19. The van der Waals surface area contributed by atoms with Crippen molar-refractivity contribution in [1.29, 1.82) is 0 Å². The van der Waals surface area contributed by atoms with E-state index < -0.39 is 29.6 Å². The van der Waals surface area contributed by atoms with Crippen molar-refractivity contribution < 1.29 is 29.7 Å². The molecule has 9 heteroatoms. The molecule has 1 unspecified atom stereocenters. The molecule has 9 nitrogen and oxygen atoms in total. The lowest BCUT2D eigenvalue weighted by Crippen LogP contribution is -2.57. The summed E-state index contributed by atoms with van der Waals surface area (Å²) in [5, 5.41) is 38.7. The number of hydrogen-bond acceptors (Lipinski definition) is 6. The molecule has 7 rings (SSSR count). The second-order valence-electron chi connectivity index (χ2n) is 11.8. The van der Waals surface area contributed by atoms with Gasteiger partial charge in [-0.05, 0) is 90.2 Å². The fourth-order valence-electron chi connectivity index (χ4n) is 7.91. The number of rotatable bonds is 6. The van der Waals surface area contributed by atoms with Gasteiger partial charge in [0.1, 0.15) is 11.8 Å². The van der Waals surface area contributed by atoms with E-state index in [2.05, 4.69) is 10.6 Å². The number of fused-ring (bicyclic) bond motifs is 3. The van der Waals surface area contributed by atoms with Gasteiger partial charge in [0.2, 0.25) is 23.5 Å². The van der Waals surface area contributed by atoms with Gasteiger partial charge in [-0.1, -0.05) is 18.2 Å². The van der Waals surface area contributed by atoms with Gasteiger partial charge in [-0.2, -0.15) is 0 Å². The maximum atomic E-state index is 13.9. The summed E-state index contributed by atoms with van der Waals surface area (Å²) >= 11 is 0. The van der Waals surface area contributed by atoms with Crippen LogP contribution in [0.4, 0.5) is 0 Å². The zero-order chi connectivity index (χ0) is 26.9. The zero-order valence-corrected chi connectivity index (χ0v) is 21.2. The van der Waals surface area contributed by atoms with Crippen molar-refractivity contribution >= 4 is 17.7 Å². The monoisotopic (exact) mass is 519 g/mol. The smallest absolute Gasteiger partial charge is 0.247 e. The lowest BCUT2D eigenvalue weighted by molar-refractivity contribution is -0.131. The van der Waals surface area contributed by atoms with E-state index in [-0.39, 0.29) is 34.9 Å². The molecule has 0 radical (unpaired) electrons. The molecule has 7 N–H and O–H groups in total. The van der Waals surface area contributed by atoms with Crippen molar-refractivity contribution in [2.45, 2.75) is 63.3 Å². The molecule has 3 amide bonds. The normalized spacial score (nSPS) is 28.3. The van der Waals surface area contributed by atoms with Crippen molar-refractivity contribution in [2.24, 2.45) is 29.4 Å². The molecular weight excluding hydrogens is 486 g/mol. The predicted octanol–water partition coefficient (Wildman–Crippen LogP) is 1.70. The van der Waals surface area contributed by atoms with Crippen molar-refractivity contribution in [3.8, 4) is 16.9 Å². The van der Waals surface area contributed by atoms with Crippen LogP contribution in [0.3, 0.4) is 0 Å². The topological polar surface area (TPSA) is 162 Å². The van der Waals surface area contributed by atoms with E-state index in [9.17, 15) is 29.7 Å². The van der Waals surface area contributed by atoms with Crippen molar-refractivity contribution in [1.82, 2.24) is 10.6 Å². The Morgan fingerprint density at radius 3 is 2.26 bits per heavy atom. The number of carbonyl (C=O) groups excluding carboxylic acids is 3. The fourth-order valence-corrected chi connectivity index (χ4v) is 7.91. The van der Waals surface area contributed by atoms with Crippen LogP contribution in [-0.2, 0) is 26.6 Å². The molecule has 5 aliphatic rings. The standard InChI is InChI=1S/C29H33N3O6/c1-13(33)31-27(28(36)32-26-17-5-15-4-16(7-17)8-18(26)6-15)21-11-19(34)12-23-25(21)20-9-14(10-24(30)35)2-3-22(20)29(23,37)38/h2-3,9,11-12,15-18,26-27,34,37-38H,4-8,10H2,1H3,(H2,30,35)(H,31,33)(H,32,36). The first-order valence-corrected chi connectivity index (χ1v) is 13.3. The van der Waals surface area contributed by atoms with E-state index in [0.717, 1.165) is 37.5 Å². The average molecular weight is 520 g/mol. The Labute approximate surface area is 220 Å². The van der Waals surface area contributed by atoms with Crippen LogP contribution in [0.15, 0.2) is 30.3 Å². The SMILES string of the molecule is CC(=O)NC(C(=O)NC1C2CC3CC(C2)CC1C3)c1cc(O)cc2c1-c1cc(CC(N)=O)ccc1C2(O)O. The lowest BCUT2D eigenvalue weighted by atomic mass is 9.54. The maximum absolute atomic E-state index is 13.9. The Hall–Kier alpha value is -3.43. The first kappa shape index (κ1) is 24.9. The molecule has 0 heterocycles. The van der Waals surface area contributed by atoms with Crippen LogP contribution in [0.2, 0.25) is 0 Å². The van der Waals surface area contributed by atoms with Gasteiger partial charge >= 0.3 is 0 Å². The second-order valence-corrected chi connectivity index (χ2v) is 11.8. The van der Waals surface area contributed by atoms with Gasteiger partial charge in [0.15, 0.2) is 0 Å². The quantitative estimate of drug-likeness (QED) is 0.318. The van der Waals surface area contributed by atoms with Gasteiger partial charge in [0.05, 0.1) is 6.42 Å². The Morgan fingerprint density at radius 1 is 1.00 bits per heavy atom. The van der Waals surface area contributed by atoms with E-state index >= 15 is 0 Å². The van der Waals surface area contributed by atoms with E-state index in [1.165, 1.54) is 31.5 Å². The molecule has 4 bridgehead atoms. The van der Waals surface area contributed by atoms with Gasteiger partial charge in [-0.25, -0.2) is 0 Å². The molecule has 4 fully saturated rings. The molecule has 0 spiro atoms. The number of carbonyl (C=O) groups is 3. The summed E-state index contributed by atoms with van der Waals surface area (Å²) < 4.78 is 0. The molecule has 5 aliphatic carbocycles. The highest BCUT2D eigenvalue weighted by molar-refractivity contribution is 5.93. The number of hydrogen-bond donors (Lipinski definition) is 6. The number of aliphatic hydroxyl groups is 2. The van der Waals surface area contributed by atoms with E-state index in [0.29, 0.717) is 28.5 Å². The van der Waals surface area contributed by atoms with E-state index in [1.807, 2.05) is 0 Å². The fraction of sp³-hybridized carbons (Fsp3) is 0.483. The number of nitrogens with two attached hydrogens (primary N) is 1. The van der Waals surface area contributed by atoms with Gasteiger partial charge < -0.3 is 31.7 Å². The van der Waals surface area contributed by atoms with Crippen LogP contribution in [0.1, 0.15) is 67.3 Å². The third-order valence-electron chi connectivity index (χ3n) is 9.09. The van der Waals surface area contributed by atoms with Crippen molar-refractivity contribution in [3.05, 3.63) is 52.6 Å². The first-order chi connectivity index (χ1) is 18.0. The molecule has 2 aromatic rings. The third-order valence-corrected chi connectivity index (χ3v) is 9.09. The van der Waals surface area contributed by atoms with Crippen LogP contribution in [0.25, 0.3) is 11.1 Å². The minimum atomic E-state index is -2.44. The summed E-state index contributed by atoms with van der Waals surface area (Å²) in [5.41, 5.74) is 7.06. The third kappa shape index (κ3) is 4.05. The number of primary amides is 1. The summed E-state index contributed by atoms with van der Waals surface area (Å²) in [6.07, 6.45) is 5.67. The Kier molecular flexibility index (Phi) is 5.77. The molecular formula is C29H33N3O6. The van der Waals surface area contributed by atoms with Crippen LogP contribution in [0, 0.1) is 23.7 Å². The van der Waals surface area contributed by atoms with E-state index in [1.54, 1.807) is 12.1 Å². The minimum Gasteiger partial charge on any atom is -0.508 e. The molecule has 4 saturated carbocycles. The molecule has 0 aromatic heterocycles. The number of benzene rings is 2. The van der Waals surface area contributed by atoms with Gasteiger partial charge in [-0.3, -0.25) is 14.4 Å². The summed E-state index contributed by atoms with van der Waals surface area (Å²) in [4.78, 5) is 37.7. The highest BCUT2D eigenvalue weighted by Crippen LogP contribution is 2.54. The first-order valence-electron chi connectivity index (χ1n) is 13.3. The molecule has 0 aliphatic heterocycles. The molecule has 1 atom stereocenters. The van der Waals surface area contributed by atoms with Crippen LogP contribution in [-0.4, -0.2) is 39.1 Å². The number of nitrogens with one attached hydrogen (secondary N) is 2. The van der Waals surface area contributed by atoms with Gasteiger partial charge in [0.25, 0.3) is 0 Å². The van der Waals surface area contributed by atoms with Crippen molar-refractivity contribution in [2.75, 3.05) is 0 Å². The van der Waals surface area contributed by atoms with Gasteiger partial charge in [-0.15, -0.1) is 0 Å². The molecule has 0 saturated heterocycles. The highest BCUT2D eigenvalue weighted by Gasteiger charge is 2.49. The molecule has 200 valence electrons. The summed E-state index contributed by atoms with van der Waals surface area (Å²) in [7, 11) is 0. The number of phenolic OH excluding ortho intramolecular Hbond substituents is 1. The van der Waals surface area contributed by atoms with Crippen LogP contribution >= 0.6 is 0 Å². The maximum Gasteiger partial charge on any atom is 0.247 e. The summed E-state index contributed by atoms with van der Waals surface area (Å²) in [5.74, 6) is -1.78. The van der Waals surface area contributed by atoms with E-state index in [4.69, 9.17) is 5.73 Å². The lowest BCUT2D eigenvalue weighted by Gasteiger charge is -2.54. The average Bonchev–Trinajstić information content (AvgIpc) is 3.04. The second kappa shape index (κ2) is 8.81. The Balaban J connectivity index is 1.42. The molecule has 2 aromatic carbocycles. The van der Waals surface area contributed by atoms with Crippen molar-refractivity contribution in [3.63, 3.8) is 0 Å². The molecule has 38 heavy (non-hydrogen) atoms. The largest absolute Gasteiger partial charge is 0.508 e. The minimum absolute atomic E-state index is 0.00324. The Bertz CT molecular complexity index is 1320. The Morgan fingerprint density at radius 2 is 1.66 bits per heavy atom. The van der Waals surface area contributed by atoms with Crippen LogP contribution in [0.5, 0.6) is 5.75 Å². The highest BCUT2D eigenvalue weighted by atomic mass is 16.5. The zero-order valence-electron chi connectivity index (χ0n) is 21.2. The summed E-state index contributed by atoms with van der Waals surface area (Å²) in [6.45, 7) is 1.31. The predicted molar refractivity (Wildman–Crippen MR) is 137 cm³/mol.